The van der Waals surface area contributed by atoms with E-state index in [4.69, 9.17) is 14.3 Å². The Bertz CT molecular complexity index is 737. The minimum absolute atomic E-state index is 0.0445. The zero-order valence-corrected chi connectivity index (χ0v) is 13.7. The SMILES string of the molecule is O=C(O)C1(Oc2ccccc2F)CCN(Cc2ccc(CO)o2)CC1. The van der Waals surface area contributed by atoms with Gasteiger partial charge in [0, 0.05) is 25.9 Å². The van der Waals surface area contributed by atoms with Crippen LogP contribution in [0.3, 0.4) is 0 Å². The summed E-state index contributed by atoms with van der Waals surface area (Å²) in [6.45, 7) is 1.33. The molecule has 1 aliphatic rings. The lowest BCUT2D eigenvalue weighted by molar-refractivity contribution is -0.160. The summed E-state index contributed by atoms with van der Waals surface area (Å²) in [5.41, 5.74) is -1.43. The smallest absolute Gasteiger partial charge is 0.348 e. The van der Waals surface area contributed by atoms with Gasteiger partial charge in [0.05, 0.1) is 6.54 Å². The molecule has 2 heterocycles. The van der Waals surface area contributed by atoms with Gasteiger partial charge in [-0.3, -0.25) is 4.90 Å². The molecule has 0 saturated carbocycles. The number of carboxylic acid groups (broad SMARTS) is 1. The first-order valence-electron chi connectivity index (χ1n) is 8.10. The highest BCUT2D eigenvalue weighted by molar-refractivity contribution is 5.78. The molecular formula is C18H20FNO5. The van der Waals surface area contributed by atoms with Crippen LogP contribution in [0.1, 0.15) is 24.4 Å². The quantitative estimate of drug-likeness (QED) is 0.833. The van der Waals surface area contributed by atoms with E-state index in [0.717, 1.165) is 0 Å². The van der Waals surface area contributed by atoms with Gasteiger partial charge in [-0.1, -0.05) is 12.1 Å². The average molecular weight is 349 g/mol. The summed E-state index contributed by atoms with van der Waals surface area (Å²) in [5, 5.41) is 18.7. The first kappa shape index (κ1) is 17.4. The van der Waals surface area contributed by atoms with Gasteiger partial charge in [-0.25, -0.2) is 9.18 Å². The fourth-order valence-corrected chi connectivity index (χ4v) is 2.98. The first-order chi connectivity index (χ1) is 12.0. The third kappa shape index (κ3) is 3.83. The molecule has 1 saturated heterocycles. The lowest BCUT2D eigenvalue weighted by Gasteiger charge is -2.38. The fourth-order valence-electron chi connectivity index (χ4n) is 2.98. The number of furan rings is 1. The number of hydrogen-bond acceptors (Lipinski definition) is 5. The van der Waals surface area contributed by atoms with Crippen LogP contribution in [0.25, 0.3) is 0 Å². The van der Waals surface area contributed by atoms with Crippen molar-refractivity contribution in [3.63, 3.8) is 0 Å². The van der Waals surface area contributed by atoms with Crippen LogP contribution in [-0.2, 0) is 17.9 Å². The Morgan fingerprint density at radius 2 is 1.88 bits per heavy atom. The van der Waals surface area contributed by atoms with Crippen LogP contribution in [0.15, 0.2) is 40.8 Å². The first-order valence-corrected chi connectivity index (χ1v) is 8.10. The summed E-state index contributed by atoms with van der Waals surface area (Å²) in [7, 11) is 0. The van der Waals surface area contributed by atoms with E-state index in [-0.39, 0.29) is 25.2 Å². The van der Waals surface area contributed by atoms with E-state index in [0.29, 0.717) is 31.2 Å². The highest BCUT2D eigenvalue weighted by Crippen LogP contribution is 2.31. The molecule has 0 amide bonds. The van der Waals surface area contributed by atoms with E-state index < -0.39 is 17.4 Å². The monoisotopic (exact) mass is 349 g/mol. The van der Waals surface area contributed by atoms with Crippen molar-refractivity contribution in [2.24, 2.45) is 0 Å². The minimum Gasteiger partial charge on any atom is -0.478 e. The summed E-state index contributed by atoms with van der Waals surface area (Å²) in [5.74, 6) is -0.498. The van der Waals surface area contributed by atoms with Crippen molar-refractivity contribution in [2.45, 2.75) is 31.6 Å². The Morgan fingerprint density at radius 3 is 2.48 bits per heavy atom. The third-order valence-electron chi connectivity index (χ3n) is 4.45. The van der Waals surface area contributed by atoms with E-state index >= 15 is 0 Å². The maximum Gasteiger partial charge on any atom is 0.348 e. The molecule has 6 nitrogen and oxygen atoms in total. The highest BCUT2D eigenvalue weighted by atomic mass is 19.1. The topological polar surface area (TPSA) is 83.1 Å². The number of carboxylic acids is 1. The number of piperidine rings is 1. The molecule has 0 aliphatic carbocycles. The standard InChI is InChI=1S/C18H20FNO5/c19-15-3-1-2-4-16(15)25-18(17(22)23)7-9-20(10-8-18)11-13-5-6-14(12-21)24-13/h1-6,21H,7-12H2,(H,22,23). The Hall–Kier alpha value is -2.38. The molecule has 134 valence electrons. The van der Waals surface area contributed by atoms with Crippen molar-refractivity contribution < 1.29 is 28.6 Å². The Balaban J connectivity index is 1.66. The van der Waals surface area contributed by atoms with Gasteiger partial charge < -0.3 is 19.4 Å². The van der Waals surface area contributed by atoms with Gasteiger partial charge in [0.2, 0.25) is 5.60 Å². The summed E-state index contributed by atoms with van der Waals surface area (Å²) >= 11 is 0. The number of aliphatic hydroxyl groups is 1. The summed E-state index contributed by atoms with van der Waals surface area (Å²) in [4.78, 5) is 13.8. The second-order valence-electron chi connectivity index (χ2n) is 6.13. The van der Waals surface area contributed by atoms with Crippen molar-refractivity contribution >= 4 is 5.97 Å². The number of ether oxygens (including phenoxy) is 1. The van der Waals surface area contributed by atoms with Gasteiger partial charge in [0.1, 0.15) is 18.1 Å². The molecule has 1 aromatic carbocycles. The number of rotatable bonds is 6. The molecule has 2 N–H and O–H groups in total. The third-order valence-corrected chi connectivity index (χ3v) is 4.45. The van der Waals surface area contributed by atoms with Crippen LogP contribution in [-0.4, -0.2) is 39.8 Å². The number of likely N-dealkylation sites (tertiary alicyclic amines) is 1. The van der Waals surface area contributed by atoms with Crippen molar-refractivity contribution in [1.82, 2.24) is 4.90 Å². The van der Waals surface area contributed by atoms with Crippen LogP contribution >= 0.6 is 0 Å². The maximum absolute atomic E-state index is 13.8. The Morgan fingerprint density at radius 1 is 1.20 bits per heavy atom. The van der Waals surface area contributed by atoms with Crippen LogP contribution in [0.2, 0.25) is 0 Å². The minimum atomic E-state index is -1.43. The van der Waals surface area contributed by atoms with E-state index in [1.54, 1.807) is 18.2 Å². The van der Waals surface area contributed by atoms with E-state index in [2.05, 4.69) is 0 Å². The molecule has 7 heteroatoms. The van der Waals surface area contributed by atoms with Gasteiger partial charge in [-0.15, -0.1) is 0 Å². The molecule has 1 fully saturated rings. The lowest BCUT2D eigenvalue weighted by Crippen LogP contribution is -2.53. The highest BCUT2D eigenvalue weighted by Gasteiger charge is 2.44. The summed E-state index contributed by atoms with van der Waals surface area (Å²) < 4.78 is 24.9. The second kappa shape index (κ2) is 7.25. The van der Waals surface area contributed by atoms with Crippen molar-refractivity contribution in [1.29, 1.82) is 0 Å². The molecule has 0 radical (unpaired) electrons. The van der Waals surface area contributed by atoms with Gasteiger partial charge >= 0.3 is 5.97 Å². The van der Waals surface area contributed by atoms with Crippen molar-refractivity contribution in [3.05, 3.63) is 53.7 Å². The van der Waals surface area contributed by atoms with Crippen LogP contribution in [0.5, 0.6) is 5.75 Å². The molecule has 0 bridgehead atoms. The number of benzene rings is 1. The number of para-hydroxylation sites is 1. The molecule has 1 aromatic heterocycles. The maximum atomic E-state index is 13.8. The zero-order valence-electron chi connectivity index (χ0n) is 13.7. The predicted molar refractivity (Wildman–Crippen MR) is 86.5 cm³/mol. The van der Waals surface area contributed by atoms with E-state index in [1.165, 1.54) is 18.2 Å². The molecule has 1 aliphatic heterocycles. The number of nitrogens with zero attached hydrogens (tertiary/aromatic N) is 1. The molecule has 3 rings (SSSR count). The number of hydrogen-bond donors (Lipinski definition) is 2. The Labute approximate surface area is 144 Å². The molecule has 25 heavy (non-hydrogen) atoms. The zero-order chi connectivity index (χ0) is 17.9. The summed E-state index contributed by atoms with van der Waals surface area (Å²) in [6, 6.07) is 9.32. The van der Waals surface area contributed by atoms with Crippen LogP contribution in [0, 0.1) is 5.82 Å². The molecule has 2 aromatic rings. The lowest BCUT2D eigenvalue weighted by atomic mass is 9.91. The van der Waals surface area contributed by atoms with Gasteiger partial charge in [-0.2, -0.15) is 0 Å². The second-order valence-corrected chi connectivity index (χ2v) is 6.13. The molecular weight excluding hydrogens is 329 g/mol. The largest absolute Gasteiger partial charge is 0.478 e. The van der Waals surface area contributed by atoms with Crippen molar-refractivity contribution in [2.75, 3.05) is 13.1 Å². The molecule has 0 atom stereocenters. The molecule has 0 unspecified atom stereocenters. The number of aliphatic carboxylic acids is 1. The van der Waals surface area contributed by atoms with E-state index in [9.17, 15) is 14.3 Å². The number of halogens is 1. The van der Waals surface area contributed by atoms with Crippen LogP contribution < -0.4 is 4.74 Å². The van der Waals surface area contributed by atoms with Gasteiger partial charge in [-0.05, 0) is 24.3 Å². The van der Waals surface area contributed by atoms with E-state index in [1.807, 2.05) is 4.90 Å². The van der Waals surface area contributed by atoms with Gasteiger partial charge in [0.25, 0.3) is 0 Å². The average Bonchev–Trinajstić information content (AvgIpc) is 3.06. The normalized spacial score (nSPS) is 17.4. The summed E-state index contributed by atoms with van der Waals surface area (Å²) in [6.07, 6.45) is 0.481. The molecule has 0 spiro atoms. The number of carbonyl (C=O) groups is 1. The van der Waals surface area contributed by atoms with Gasteiger partial charge in [0.15, 0.2) is 11.6 Å². The van der Waals surface area contributed by atoms with Crippen LogP contribution in [0.4, 0.5) is 4.39 Å². The fraction of sp³-hybridized carbons (Fsp3) is 0.389. The predicted octanol–water partition coefficient (Wildman–Crippen LogP) is 2.41. The Kier molecular flexibility index (Phi) is 5.06. The van der Waals surface area contributed by atoms with Crippen molar-refractivity contribution in [3.8, 4) is 5.75 Å². The number of aliphatic hydroxyl groups excluding tert-OH is 1.